The molecule has 0 N–H and O–H groups in total. The lowest BCUT2D eigenvalue weighted by Gasteiger charge is -2.35. The molecule has 7 nitrogen and oxygen atoms in total. The second kappa shape index (κ2) is 8.43. The number of rotatable bonds is 5. The van der Waals surface area contributed by atoms with Crippen LogP contribution in [0.3, 0.4) is 0 Å². The molecular weight excluding hydrogens is 366 g/mol. The fraction of sp³-hybridized carbons (Fsp3) is 0.364. The van der Waals surface area contributed by atoms with Crippen LogP contribution in [-0.2, 0) is 0 Å². The Bertz CT molecular complexity index is 999. The number of anilines is 1. The van der Waals surface area contributed by atoms with Crippen molar-refractivity contribution in [2.45, 2.75) is 13.8 Å². The highest BCUT2D eigenvalue weighted by Crippen LogP contribution is 2.19. The van der Waals surface area contributed by atoms with E-state index in [-0.39, 0.29) is 5.91 Å². The third-order valence-corrected chi connectivity index (χ3v) is 4.93. The molecule has 3 aromatic rings. The highest BCUT2D eigenvalue weighted by molar-refractivity contribution is 5.96. The number of hydrogen-bond donors (Lipinski definition) is 0. The predicted octanol–water partition coefficient (Wildman–Crippen LogP) is 3.02. The summed E-state index contributed by atoms with van der Waals surface area (Å²) >= 11 is 0. The van der Waals surface area contributed by atoms with Crippen molar-refractivity contribution < 1.29 is 9.53 Å². The number of carbonyl (C=O) groups excluding carboxylic acids is 1. The summed E-state index contributed by atoms with van der Waals surface area (Å²) in [4.78, 5) is 29.8. The first-order valence-electron chi connectivity index (χ1n) is 9.94. The maximum Gasteiger partial charge on any atom is 0.272 e. The Morgan fingerprint density at radius 1 is 1.03 bits per heavy atom. The van der Waals surface area contributed by atoms with Gasteiger partial charge in [-0.2, -0.15) is 0 Å². The van der Waals surface area contributed by atoms with Crippen LogP contribution in [0, 0.1) is 5.92 Å². The molecule has 0 radical (unpaired) electrons. The molecule has 0 saturated carbocycles. The topological polar surface area (TPSA) is 71.5 Å². The summed E-state index contributed by atoms with van der Waals surface area (Å²) in [5.41, 5.74) is 0.489. The third kappa shape index (κ3) is 4.45. The second-order valence-electron chi connectivity index (χ2n) is 7.62. The Hall–Kier alpha value is -3.22. The number of hydrogen-bond acceptors (Lipinski definition) is 6. The molecule has 0 aliphatic carbocycles. The number of carbonyl (C=O) groups is 1. The summed E-state index contributed by atoms with van der Waals surface area (Å²) in [6.45, 7) is 7.49. The molecule has 1 saturated heterocycles. The lowest BCUT2D eigenvalue weighted by Crippen LogP contribution is -2.49. The number of benzene rings is 1. The van der Waals surface area contributed by atoms with Crippen molar-refractivity contribution >= 4 is 22.5 Å². The number of pyridine rings is 1. The molecule has 29 heavy (non-hydrogen) atoms. The molecular formula is C22H25N5O2. The van der Waals surface area contributed by atoms with Gasteiger partial charge >= 0.3 is 0 Å². The van der Waals surface area contributed by atoms with E-state index in [1.54, 1.807) is 6.20 Å². The number of piperazine rings is 1. The van der Waals surface area contributed by atoms with Gasteiger partial charge in [0.1, 0.15) is 17.8 Å². The molecule has 1 aromatic carbocycles. The van der Waals surface area contributed by atoms with E-state index in [4.69, 9.17) is 4.74 Å². The van der Waals surface area contributed by atoms with Crippen molar-refractivity contribution in [1.29, 1.82) is 0 Å². The van der Waals surface area contributed by atoms with Crippen molar-refractivity contribution in [1.82, 2.24) is 19.9 Å². The van der Waals surface area contributed by atoms with Gasteiger partial charge < -0.3 is 14.5 Å². The fourth-order valence-corrected chi connectivity index (χ4v) is 3.33. The standard InChI is InChI=1S/C22H25N5O2/c1-16(2)14-29-21-12-20(24-15-25-21)26-7-9-27(10-8-26)22(28)19-11-17-5-3-4-6-18(17)13-23-19/h3-6,11-13,15-16H,7-10,14H2,1-2H3. The molecule has 1 amide bonds. The molecule has 4 rings (SSSR count). The first-order valence-corrected chi connectivity index (χ1v) is 9.94. The van der Waals surface area contributed by atoms with Gasteiger partial charge in [-0.3, -0.25) is 9.78 Å². The zero-order valence-electron chi connectivity index (χ0n) is 16.8. The summed E-state index contributed by atoms with van der Waals surface area (Å²) in [5.74, 6) is 1.82. The minimum absolute atomic E-state index is 0.0287. The molecule has 0 atom stereocenters. The van der Waals surface area contributed by atoms with E-state index in [9.17, 15) is 4.79 Å². The van der Waals surface area contributed by atoms with Crippen LogP contribution in [0.25, 0.3) is 10.8 Å². The molecule has 3 heterocycles. The van der Waals surface area contributed by atoms with Crippen molar-refractivity contribution in [2.75, 3.05) is 37.7 Å². The van der Waals surface area contributed by atoms with Crippen LogP contribution in [0.1, 0.15) is 24.3 Å². The number of ether oxygens (including phenoxy) is 1. The predicted molar refractivity (Wildman–Crippen MR) is 112 cm³/mol. The summed E-state index contributed by atoms with van der Waals surface area (Å²) in [7, 11) is 0. The van der Waals surface area contributed by atoms with Crippen LogP contribution in [0.4, 0.5) is 5.82 Å². The molecule has 0 spiro atoms. The van der Waals surface area contributed by atoms with Gasteiger partial charge in [0.15, 0.2) is 0 Å². The van der Waals surface area contributed by atoms with E-state index in [1.165, 1.54) is 6.33 Å². The first-order chi connectivity index (χ1) is 14.1. The van der Waals surface area contributed by atoms with Gasteiger partial charge in [-0.15, -0.1) is 0 Å². The Morgan fingerprint density at radius 2 is 1.79 bits per heavy atom. The van der Waals surface area contributed by atoms with Gasteiger partial charge in [-0.05, 0) is 17.4 Å². The zero-order chi connectivity index (χ0) is 20.2. The van der Waals surface area contributed by atoms with Crippen molar-refractivity contribution in [3.63, 3.8) is 0 Å². The number of fused-ring (bicyclic) bond motifs is 1. The summed E-state index contributed by atoms with van der Waals surface area (Å²) in [5, 5.41) is 2.06. The van der Waals surface area contributed by atoms with Crippen LogP contribution in [0.2, 0.25) is 0 Å². The van der Waals surface area contributed by atoms with Gasteiger partial charge in [0, 0.05) is 43.8 Å². The zero-order valence-corrected chi connectivity index (χ0v) is 16.8. The third-order valence-electron chi connectivity index (χ3n) is 4.93. The van der Waals surface area contributed by atoms with Gasteiger partial charge in [0.25, 0.3) is 5.91 Å². The molecule has 150 valence electrons. The minimum Gasteiger partial charge on any atom is -0.477 e. The Morgan fingerprint density at radius 3 is 2.55 bits per heavy atom. The lowest BCUT2D eigenvalue weighted by atomic mass is 10.1. The maximum atomic E-state index is 12.9. The van der Waals surface area contributed by atoms with E-state index in [2.05, 4.69) is 33.7 Å². The van der Waals surface area contributed by atoms with Crippen molar-refractivity contribution in [2.24, 2.45) is 5.92 Å². The smallest absolute Gasteiger partial charge is 0.272 e. The Labute approximate surface area is 170 Å². The maximum absolute atomic E-state index is 12.9. The van der Waals surface area contributed by atoms with E-state index in [0.717, 1.165) is 16.6 Å². The highest BCUT2D eigenvalue weighted by atomic mass is 16.5. The molecule has 0 bridgehead atoms. The molecule has 1 fully saturated rings. The molecule has 1 aliphatic rings. The first kappa shape index (κ1) is 19.1. The quantitative estimate of drug-likeness (QED) is 0.666. The van der Waals surface area contributed by atoms with E-state index in [0.29, 0.717) is 50.3 Å². The van der Waals surface area contributed by atoms with Crippen molar-refractivity contribution in [3.8, 4) is 5.88 Å². The average Bonchev–Trinajstić information content (AvgIpc) is 2.77. The number of aromatic nitrogens is 3. The Balaban J connectivity index is 1.39. The second-order valence-corrected chi connectivity index (χ2v) is 7.62. The number of amides is 1. The van der Waals surface area contributed by atoms with Crippen LogP contribution in [0.5, 0.6) is 5.88 Å². The monoisotopic (exact) mass is 391 g/mol. The van der Waals surface area contributed by atoms with E-state index in [1.807, 2.05) is 41.3 Å². The van der Waals surface area contributed by atoms with E-state index >= 15 is 0 Å². The molecule has 1 aliphatic heterocycles. The largest absolute Gasteiger partial charge is 0.477 e. The summed E-state index contributed by atoms with van der Waals surface area (Å²) < 4.78 is 5.70. The van der Waals surface area contributed by atoms with Crippen LogP contribution in [0.15, 0.2) is 48.9 Å². The number of nitrogens with zero attached hydrogens (tertiary/aromatic N) is 5. The molecule has 0 unspecified atom stereocenters. The lowest BCUT2D eigenvalue weighted by molar-refractivity contribution is 0.0741. The molecule has 7 heteroatoms. The van der Waals surface area contributed by atoms with Gasteiger partial charge in [0.2, 0.25) is 5.88 Å². The van der Waals surface area contributed by atoms with Gasteiger partial charge in [-0.1, -0.05) is 38.1 Å². The van der Waals surface area contributed by atoms with E-state index < -0.39 is 0 Å². The summed E-state index contributed by atoms with van der Waals surface area (Å²) in [6, 6.07) is 11.7. The van der Waals surface area contributed by atoms with Crippen molar-refractivity contribution in [3.05, 3.63) is 54.6 Å². The normalized spacial score (nSPS) is 14.4. The van der Waals surface area contributed by atoms with Crippen LogP contribution >= 0.6 is 0 Å². The minimum atomic E-state index is -0.0287. The SMILES string of the molecule is CC(C)COc1cc(N2CCN(C(=O)c3cc4ccccc4cn3)CC2)ncn1. The average molecular weight is 391 g/mol. The Kier molecular flexibility index (Phi) is 5.55. The van der Waals surface area contributed by atoms with Crippen LogP contribution < -0.4 is 9.64 Å². The summed E-state index contributed by atoms with van der Waals surface area (Å²) in [6.07, 6.45) is 3.29. The van der Waals surface area contributed by atoms with Gasteiger partial charge in [0.05, 0.1) is 6.61 Å². The van der Waals surface area contributed by atoms with Gasteiger partial charge in [-0.25, -0.2) is 9.97 Å². The fourth-order valence-electron chi connectivity index (χ4n) is 3.33. The van der Waals surface area contributed by atoms with Crippen LogP contribution in [-0.4, -0.2) is 58.5 Å². The molecule has 2 aromatic heterocycles. The highest BCUT2D eigenvalue weighted by Gasteiger charge is 2.24.